The second kappa shape index (κ2) is 8.90. The van der Waals surface area contributed by atoms with Gasteiger partial charge in [0.1, 0.15) is 11.9 Å². The highest BCUT2D eigenvalue weighted by Gasteiger charge is 2.23. The molecule has 7 N–H and O–H groups in total. The van der Waals surface area contributed by atoms with Gasteiger partial charge < -0.3 is 36.1 Å². The van der Waals surface area contributed by atoms with Crippen LogP contribution in [0.5, 0.6) is 5.75 Å². The van der Waals surface area contributed by atoms with Gasteiger partial charge in [-0.3, -0.25) is 0 Å². The number of aliphatic carboxylic acids is 2. The van der Waals surface area contributed by atoms with Crippen molar-refractivity contribution in [2.45, 2.75) is 31.6 Å². The molecule has 0 aliphatic carbocycles. The number of benzene rings is 1. The van der Waals surface area contributed by atoms with Gasteiger partial charge >= 0.3 is 5.97 Å². The molecular weight excluding hydrogens is 282 g/mol. The lowest BCUT2D eigenvalue weighted by Crippen LogP contribution is -2.60. The lowest BCUT2D eigenvalue weighted by Gasteiger charge is -2.13. The van der Waals surface area contributed by atoms with Gasteiger partial charge in [-0.2, -0.15) is 0 Å². The summed E-state index contributed by atoms with van der Waals surface area (Å²) in [5.74, 6) is -3.50. The molecule has 0 aliphatic rings. The van der Waals surface area contributed by atoms with E-state index in [9.17, 15) is 14.7 Å². The summed E-state index contributed by atoms with van der Waals surface area (Å²) in [7, 11) is 0. The second-order valence-corrected chi connectivity index (χ2v) is 4.52. The van der Waals surface area contributed by atoms with Crippen LogP contribution in [0.2, 0.25) is 0 Å². The molecule has 1 aromatic rings. The van der Waals surface area contributed by atoms with Gasteiger partial charge in [0.25, 0.3) is 0 Å². The maximum absolute atomic E-state index is 9.74. The summed E-state index contributed by atoms with van der Waals surface area (Å²) in [5, 5.41) is 43.1. The number of phenolic OH excluding ortho intramolecular Hbond substituents is 1. The van der Waals surface area contributed by atoms with Crippen molar-refractivity contribution in [1.29, 1.82) is 0 Å². The SMILES string of the molecule is CC([NH3+])Cc1ccc(O)cc1.O=C([O-])[C@H](O)[C@@H](O)C(=O)O. The van der Waals surface area contributed by atoms with Gasteiger partial charge in [0.2, 0.25) is 0 Å². The van der Waals surface area contributed by atoms with E-state index in [2.05, 4.69) is 12.7 Å². The number of aliphatic hydroxyl groups is 2. The van der Waals surface area contributed by atoms with Crippen LogP contribution in [0.15, 0.2) is 24.3 Å². The molecule has 8 nitrogen and oxygen atoms in total. The van der Waals surface area contributed by atoms with Crippen molar-refractivity contribution in [2.75, 3.05) is 0 Å². The molecule has 3 atom stereocenters. The molecule has 0 spiro atoms. The smallest absolute Gasteiger partial charge is 0.335 e. The highest BCUT2D eigenvalue weighted by molar-refractivity contribution is 5.82. The summed E-state index contributed by atoms with van der Waals surface area (Å²) >= 11 is 0. The van der Waals surface area contributed by atoms with Crippen LogP contribution in [0.1, 0.15) is 12.5 Å². The molecule has 0 aliphatic heterocycles. The van der Waals surface area contributed by atoms with Crippen molar-refractivity contribution < 1.29 is 40.9 Å². The third-order valence-electron chi connectivity index (χ3n) is 2.31. The lowest BCUT2D eigenvalue weighted by molar-refractivity contribution is -0.413. The van der Waals surface area contributed by atoms with Gasteiger partial charge in [-0.1, -0.05) is 12.1 Å². The summed E-state index contributed by atoms with van der Waals surface area (Å²) in [6.45, 7) is 2.08. The number of carboxylic acids is 2. The fraction of sp³-hybridized carbons (Fsp3) is 0.385. The Hall–Kier alpha value is -2.16. The predicted octanol–water partition coefficient (Wildman–Crippen LogP) is -2.89. The quantitative estimate of drug-likeness (QED) is 0.389. The van der Waals surface area contributed by atoms with Crippen molar-refractivity contribution in [1.82, 2.24) is 0 Å². The number of rotatable bonds is 5. The Balaban J connectivity index is 0.000000384. The van der Waals surface area contributed by atoms with Crippen LogP contribution < -0.4 is 10.8 Å². The van der Waals surface area contributed by atoms with E-state index in [0.717, 1.165) is 6.42 Å². The molecule has 21 heavy (non-hydrogen) atoms. The molecule has 0 amide bonds. The summed E-state index contributed by atoms with van der Waals surface area (Å²) in [5.41, 5.74) is 5.12. The van der Waals surface area contributed by atoms with E-state index in [-0.39, 0.29) is 0 Å². The van der Waals surface area contributed by atoms with E-state index < -0.39 is 24.1 Å². The van der Waals surface area contributed by atoms with Crippen LogP contribution in [0.3, 0.4) is 0 Å². The average Bonchev–Trinajstić information content (AvgIpc) is 2.39. The molecule has 0 aromatic heterocycles. The molecule has 1 aromatic carbocycles. The van der Waals surface area contributed by atoms with E-state index in [1.807, 2.05) is 12.1 Å². The maximum atomic E-state index is 9.74. The van der Waals surface area contributed by atoms with Crippen molar-refractivity contribution >= 4 is 11.9 Å². The van der Waals surface area contributed by atoms with Gasteiger partial charge in [-0.25, -0.2) is 4.79 Å². The Morgan fingerprint density at radius 1 is 1.19 bits per heavy atom. The van der Waals surface area contributed by atoms with Crippen LogP contribution in [0.25, 0.3) is 0 Å². The Kier molecular flexibility index (Phi) is 7.99. The zero-order valence-corrected chi connectivity index (χ0v) is 11.5. The number of aromatic hydroxyl groups is 1. The van der Waals surface area contributed by atoms with Gasteiger partial charge in [-0.15, -0.1) is 0 Å². The summed E-state index contributed by atoms with van der Waals surface area (Å²) in [4.78, 5) is 19.4. The lowest BCUT2D eigenvalue weighted by atomic mass is 10.1. The van der Waals surface area contributed by atoms with E-state index in [0.29, 0.717) is 11.8 Å². The molecule has 0 saturated carbocycles. The van der Waals surface area contributed by atoms with Gasteiger partial charge in [0, 0.05) is 6.42 Å². The highest BCUT2D eigenvalue weighted by Crippen LogP contribution is 2.10. The van der Waals surface area contributed by atoms with Crippen LogP contribution >= 0.6 is 0 Å². The number of carbonyl (C=O) groups is 2. The summed E-state index contributed by atoms with van der Waals surface area (Å²) in [6, 6.07) is 7.70. The fourth-order valence-electron chi connectivity index (χ4n) is 1.30. The number of phenols is 1. The molecule has 0 bridgehead atoms. The molecule has 1 rings (SSSR count). The third kappa shape index (κ3) is 7.88. The second-order valence-electron chi connectivity index (χ2n) is 4.52. The number of hydrogen-bond acceptors (Lipinski definition) is 6. The molecule has 0 radical (unpaired) electrons. The minimum absolute atomic E-state index is 0.325. The number of carboxylic acid groups (broad SMARTS) is 2. The minimum Gasteiger partial charge on any atom is -0.547 e. The van der Waals surface area contributed by atoms with E-state index in [1.165, 1.54) is 5.56 Å². The van der Waals surface area contributed by atoms with Crippen LogP contribution in [0, 0.1) is 0 Å². The normalized spacial score (nSPS) is 14.3. The molecule has 0 fully saturated rings. The Bertz CT molecular complexity index is 440. The molecule has 118 valence electrons. The molecule has 1 unspecified atom stereocenters. The predicted molar refractivity (Wildman–Crippen MR) is 68.8 cm³/mol. The summed E-state index contributed by atoms with van der Waals surface area (Å²) in [6.07, 6.45) is -3.73. The third-order valence-corrected chi connectivity index (χ3v) is 2.31. The number of aliphatic hydroxyl groups excluding tert-OH is 2. The number of carbonyl (C=O) groups excluding carboxylic acids is 1. The molecule has 8 heteroatoms. The monoisotopic (exact) mass is 301 g/mol. The van der Waals surface area contributed by atoms with Crippen molar-refractivity contribution in [3.63, 3.8) is 0 Å². The Morgan fingerprint density at radius 3 is 1.95 bits per heavy atom. The van der Waals surface area contributed by atoms with E-state index in [4.69, 9.17) is 20.4 Å². The summed E-state index contributed by atoms with van der Waals surface area (Å²) < 4.78 is 0. The van der Waals surface area contributed by atoms with Crippen LogP contribution in [-0.4, -0.2) is 50.6 Å². The maximum Gasteiger partial charge on any atom is 0.335 e. The number of quaternary nitrogens is 1. The largest absolute Gasteiger partial charge is 0.547 e. The van der Waals surface area contributed by atoms with Crippen LogP contribution in [0.4, 0.5) is 0 Å². The minimum atomic E-state index is -2.38. The topological polar surface area (TPSA) is 166 Å². The van der Waals surface area contributed by atoms with Gasteiger partial charge in [0.15, 0.2) is 6.10 Å². The molecule has 0 heterocycles. The molecule has 0 saturated heterocycles. The first-order valence-electron chi connectivity index (χ1n) is 6.06. The van der Waals surface area contributed by atoms with E-state index >= 15 is 0 Å². The first-order valence-corrected chi connectivity index (χ1v) is 6.06. The zero-order chi connectivity index (χ0) is 16.6. The van der Waals surface area contributed by atoms with Gasteiger partial charge in [0.05, 0.1) is 12.0 Å². The van der Waals surface area contributed by atoms with Crippen molar-refractivity contribution in [2.24, 2.45) is 0 Å². The van der Waals surface area contributed by atoms with E-state index in [1.54, 1.807) is 12.1 Å². The van der Waals surface area contributed by atoms with Crippen LogP contribution in [-0.2, 0) is 16.0 Å². The first-order chi connectivity index (χ1) is 9.65. The standard InChI is InChI=1S/C9H13NO.C4H6O6/c1-7(10)6-8-2-4-9(11)5-3-8;5-1(3(7)8)2(6)4(9)10/h2-5,7,11H,6,10H2,1H3;1-2,5-6H,(H,7,8)(H,9,10)/t;1-,2-/m.1/s1. The Labute approximate surface area is 121 Å². The fourth-order valence-corrected chi connectivity index (χ4v) is 1.30. The van der Waals surface area contributed by atoms with Crippen molar-refractivity contribution in [3.8, 4) is 5.75 Å². The highest BCUT2D eigenvalue weighted by atomic mass is 16.4. The van der Waals surface area contributed by atoms with Crippen molar-refractivity contribution in [3.05, 3.63) is 29.8 Å². The number of hydrogen-bond donors (Lipinski definition) is 5. The van der Waals surface area contributed by atoms with Gasteiger partial charge in [-0.05, 0) is 24.6 Å². The average molecular weight is 301 g/mol. The Morgan fingerprint density at radius 2 is 1.67 bits per heavy atom. The zero-order valence-electron chi connectivity index (χ0n) is 11.5. The first kappa shape index (κ1) is 18.8. The molecular formula is C13H19NO7.